The molecule has 2 N–H and O–H groups in total. The normalized spacial score (nSPS) is 26.7. The molecule has 1 aromatic carbocycles. The average Bonchev–Trinajstić information content (AvgIpc) is 3.04. The highest BCUT2D eigenvalue weighted by molar-refractivity contribution is 9.10. The van der Waals surface area contributed by atoms with Crippen molar-refractivity contribution < 1.29 is 9.59 Å². The third-order valence-electron chi connectivity index (χ3n) is 6.26. The number of halogens is 1. The monoisotopic (exact) mass is 478 g/mol. The van der Waals surface area contributed by atoms with Gasteiger partial charge in [-0.2, -0.15) is 5.26 Å². The Morgan fingerprint density at radius 2 is 1.90 bits per heavy atom. The van der Waals surface area contributed by atoms with E-state index in [1.54, 1.807) is 24.5 Å². The Labute approximate surface area is 189 Å². The Kier molecular flexibility index (Phi) is 5.01. The van der Waals surface area contributed by atoms with Gasteiger partial charge < -0.3 is 10.6 Å². The van der Waals surface area contributed by atoms with Crippen molar-refractivity contribution in [1.29, 1.82) is 5.26 Å². The van der Waals surface area contributed by atoms with Crippen molar-refractivity contribution >= 4 is 39.4 Å². The number of nitriles is 1. The van der Waals surface area contributed by atoms with E-state index in [2.05, 4.69) is 27.0 Å². The number of pyridine rings is 1. The first kappa shape index (κ1) is 21.3. The molecule has 1 saturated heterocycles. The number of anilines is 1. The number of hydrogen-bond acceptors (Lipinski definition) is 5. The van der Waals surface area contributed by atoms with Crippen LogP contribution in [0, 0.1) is 22.2 Å². The number of carbonyl (C=O) groups is 2. The molecule has 31 heavy (non-hydrogen) atoms. The van der Waals surface area contributed by atoms with Gasteiger partial charge in [-0.15, -0.1) is 0 Å². The molecule has 1 fully saturated rings. The molecule has 7 heteroatoms. The largest absolute Gasteiger partial charge is 0.368 e. The van der Waals surface area contributed by atoms with Crippen LogP contribution in [0.5, 0.6) is 0 Å². The molecule has 0 spiro atoms. The molecule has 4 rings (SSSR count). The highest BCUT2D eigenvalue weighted by Gasteiger charge is 2.66. The maximum absolute atomic E-state index is 13.9. The van der Waals surface area contributed by atoms with Crippen molar-refractivity contribution in [3.05, 3.63) is 64.4 Å². The number of aromatic nitrogens is 1. The van der Waals surface area contributed by atoms with Gasteiger partial charge in [-0.05, 0) is 41.5 Å². The first-order valence-corrected chi connectivity index (χ1v) is 10.8. The molecule has 2 aliphatic heterocycles. The highest BCUT2D eigenvalue weighted by atomic mass is 79.9. The second-order valence-corrected chi connectivity index (χ2v) is 9.99. The molecule has 4 atom stereocenters. The molecule has 2 aliphatic rings. The molecule has 0 saturated carbocycles. The molecular weight excluding hydrogens is 456 g/mol. The van der Waals surface area contributed by atoms with E-state index in [4.69, 9.17) is 5.73 Å². The van der Waals surface area contributed by atoms with Crippen molar-refractivity contribution in [2.24, 2.45) is 16.6 Å². The zero-order valence-electron chi connectivity index (χ0n) is 17.5. The fraction of sp³-hybridized carbons (Fsp3) is 0.333. The SMILES string of the molecule is CC(C)(C)C(=O)[C@H]1[C@H](c2ccncc2)[C@@](C#N)(C(N)=O)[C@H]2C=Cc3cc(Br)ccc3N12. The molecule has 158 valence electrons. The summed E-state index contributed by atoms with van der Waals surface area (Å²) in [7, 11) is 0. The van der Waals surface area contributed by atoms with Crippen LogP contribution in [0.4, 0.5) is 5.69 Å². The summed E-state index contributed by atoms with van der Waals surface area (Å²) in [6.07, 6.45) is 6.93. The lowest BCUT2D eigenvalue weighted by Gasteiger charge is -2.37. The number of carbonyl (C=O) groups excluding carboxylic acids is 2. The Morgan fingerprint density at radius 1 is 1.23 bits per heavy atom. The van der Waals surface area contributed by atoms with E-state index in [1.807, 2.05) is 56.0 Å². The molecule has 1 amide bonds. The number of primary amides is 1. The lowest BCUT2D eigenvalue weighted by Crippen LogP contribution is -2.49. The van der Waals surface area contributed by atoms with E-state index in [-0.39, 0.29) is 5.78 Å². The van der Waals surface area contributed by atoms with Crippen LogP contribution in [-0.4, -0.2) is 28.8 Å². The standard InChI is InChI=1S/C24H23BrN4O2/c1-23(2,3)21(30)20-19(14-8-10-28-11-9-14)24(13-26,22(27)31)18-7-4-15-12-16(25)5-6-17(15)29(18)20/h4-12,18-20H,1-3H3,(H2,27,31)/t18-,19+,20-,24+/m1/s1. The average molecular weight is 479 g/mol. The van der Waals surface area contributed by atoms with Gasteiger partial charge in [0.05, 0.1) is 18.2 Å². The summed E-state index contributed by atoms with van der Waals surface area (Å²) in [5, 5.41) is 10.4. The van der Waals surface area contributed by atoms with Gasteiger partial charge in [-0.3, -0.25) is 14.6 Å². The number of fused-ring (bicyclic) bond motifs is 3. The quantitative estimate of drug-likeness (QED) is 0.722. The van der Waals surface area contributed by atoms with E-state index in [0.29, 0.717) is 5.56 Å². The van der Waals surface area contributed by atoms with Crippen LogP contribution >= 0.6 is 15.9 Å². The maximum Gasteiger partial charge on any atom is 0.241 e. The van der Waals surface area contributed by atoms with E-state index >= 15 is 0 Å². The Balaban J connectivity index is 2.06. The van der Waals surface area contributed by atoms with Crippen molar-refractivity contribution in [3.63, 3.8) is 0 Å². The summed E-state index contributed by atoms with van der Waals surface area (Å²) in [4.78, 5) is 32.8. The van der Waals surface area contributed by atoms with Crippen LogP contribution in [0.25, 0.3) is 6.08 Å². The zero-order valence-corrected chi connectivity index (χ0v) is 19.1. The molecule has 0 radical (unpaired) electrons. The summed E-state index contributed by atoms with van der Waals surface area (Å²) in [6, 6.07) is 10.1. The first-order chi connectivity index (χ1) is 14.6. The second kappa shape index (κ2) is 7.31. The van der Waals surface area contributed by atoms with Crippen molar-refractivity contribution in [1.82, 2.24) is 4.98 Å². The number of nitrogens with zero attached hydrogens (tertiary/aromatic N) is 3. The van der Waals surface area contributed by atoms with Crippen LogP contribution in [-0.2, 0) is 9.59 Å². The van der Waals surface area contributed by atoms with Crippen LogP contribution in [0.2, 0.25) is 0 Å². The third kappa shape index (κ3) is 3.09. The third-order valence-corrected chi connectivity index (χ3v) is 6.76. The highest BCUT2D eigenvalue weighted by Crippen LogP contribution is 2.56. The zero-order chi connectivity index (χ0) is 22.6. The maximum atomic E-state index is 13.9. The van der Waals surface area contributed by atoms with Gasteiger partial charge in [0.15, 0.2) is 11.2 Å². The summed E-state index contributed by atoms with van der Waals surface area (Å²) in [5.41, 5.74) is 6.03. The summed E-state index contributed by atoms with van der Waals surface area (Å²) >= 11 is 3.49. The van der Waals surface area contributed by atoms with E-state index in [9.17, 15) is 14.9 Å². The van der Waals surface area contributed by atoms with Crippen LogP contribution in [0.1, 0.15) is 37.8 Å². The van der Waals surface area contributed by atoms with Gasteiger partial charge >= 0.3 is 0 Å². The van der Waals surface area contributed by atoms with E-state index in [0.717, 1.165) is 15.7 Å². The topological polar surface area (TPSA) is 100 Å². The summed E-state index contributed by atoms with van der Waals surface area (Å²) < 4.78 is 0.902. The lowest BCUT2D eigenvalue weighted by atomic mass is 9.66. The number of amides is 1. The predicted octanol–water partition coefficient (Wildman–Crippen LogP) is 3.82. The van der Waals surface area contributed by atoms with Gasteiger partial charge in [0.2, 0.25) is 5.91 Å². The van der Waals surface area contributed by atoms with Crippen molar-refractivity contribution in [2.75, 3.05) is 4.90 Å². The van der Waals surface area contributed by atoms with Crippen LogP contribution in [0.3, 0.4) is 0 Å². The Bertz CT molecular complexity index is 1130. The summed E-state index contributed by atoms with van der Waals surface area (Å²) in [5.74, 6) is -1.53. The fourth-order valence-electron chi connectivity index (χ4n) is 4.85. The van der Waals surface area contributed by atoms with Crippen molar-refractivity contribution in [2.45, 2.75) is 38.8 Å². The van der Waals surface area contributed by atoms with Crippen LogP contribution in [0.15, 0.2) is 53.3 Å². The molecule has 0 unspecified atom stereocenters. The minimum Gasteiger partial charge on any atom is -0.368 e. The summed E-state index contributed by atoms with van der Waals surface area (Å²) in [6.45, 7) is 5.56. The second-order valence-electron chi connectivity index (χ2n) is 9.08. The first-order valence-electron chi connectivity index (χ1n) is 10.0. The van der Waals surface area contributed by atoms with Gasteiger partial charge in [-0.1, -0.05) is 48.9 Å². The number of rotatable bonds is 3. The predicted molar refractivity (Wildman–Crippen MR) is 122 cm³/mol. The van der Waals surface area contributed by atoms with Crippen LogP contribution < -0.4 is 10.6 Å². The smallest absolute Gasteiger partial charge is 0.241 e. The molecule has 3 heterocycles. The number of benzene rings is 1. The molecule has 1 aromatic heterocycles. The van der Waals surface area contributed by atoms with Gasteiger partial charge in [0.1, 0.15) is 0 Å². The van der Waals surface area contributed by atoms with E-state index in [1.165, 1.54) is 0 Å². The minimum absolute atomic E-state index is 0.0538. The Hall–Kier alpha value is -2.98. The Morgan fingerprint density at radius 3 is 2.48 bits per heavy atom. The molecular formula is C24H23BrN4O2. The molecule has 6 nitrogen and oxygen atoms in total. The molecule has 0 bridgehead atoms. The number of hydrogen-bond donors (Lipinski definition) is 1. The molecule has 2 aromatic rings. The number of ketones is 1. The minimum atomic E-state index is -1.62. The molecule has 0 aliphatic carbocycles. The van der Waals surface area contributed by atoms with Gasteiger partial charge in [0, 0.05) is 33.9 Å². The van der Waals surface area contributed by atoms with Gasteiger partial charge in [0.25, 0.3) is 0 Å². The van der Waals surface area contributed by atoms with Gasteiger partial charge in [-0.25, -0.2) is 0 Å². The number of nitrogens with two attached hydrogens (primary N) is 1. The fourth-order valence-corrected chi connectivity index (χ4v) is 5.22. The number of Topliss-reactive ketones (excluding diaryl/α,β-unsaturated/α-hetero) is 1. The van der Waals surface area contributed by atoms with E-state index < -0.39 is 34.7 Å². The van der Waals surface area contributed by atoms with Crippen molar-refractivity contribution in [3.8, 4) is 6.07 Å². The lowest BCUT2D eigenvalue weighted by molar-refractivity contribution is -0.128.